The van der Waals surface area contributed by atoms with Gasteiger partial charge in [-0.25, -0.2) is 9.97 Å². The molecule has 0 amide bonds. The van der Waals surface area contributed by atoms with Crippen LogP contribution in [0.3, 0.4) is 0 Å². The van der Waals surface area contributed by atoms with Gasteiger partial charge in [-0.2, -0.15) is 0 Å². The maximum Gasteiger partial charge on any atom is 0.180 e. The number of fused-ring (bicyclic) bond motifs is 1. The Morgan fingerprint density at radius 1 is 0.905 bits per heavy atom. The van der Waals surface area contributed by atoms with Gasteiger partial charge >= 0.3 is 0 Å². The van der Waals surface area contributed by atoms with Gasteiger partial charge in [-0.15, -0.1) is 22.7 Å². The van der Waals surface area contributed by atoms with Crippen LogP contribution >= 0.6 is 22.7 Å². The fourth-order valence-electron chi connectivity index (χ4n) is 2.23. The van der Waals surface area contributed by atoms with E-state index in [9.17, 15) is 0 Å². The summed E-state index contributed by atoms with van der Waals surface area (Å²) in [6.45, 7) is 0. The fraction of sp³-hybridized carbons (Fsp3) is 0. The molecule has 21 heavy (non-hydrogen) atoms. The van der Waals surface area contributed by atoms with Crippen LogP contribution in [0.25, 0.3) is 32.9 Å². The molecule has 0 aliphatic carbocycles. The van der Waals surface area contributed by atoms with E-state index in [4.69, 9.17) is 10.7 Å². The minimum atomic E-state index is 0.566. The van der Waals surface area contributed by atoms with Crippen molar-refractivity contribution in [3.63, 3.8) is 0 Å². The van der Waals surface area contributed by atoms with Crippen molar-refractivity contribution in [2.75, 3.05) is 5.73 Å². The summed E-state index contributed by atoms with van der Waals surface area (Å²) in [5, 5.41) is 6.54. The molecule has 4 nitrogen and oxygen atoms in total. The monoisotopic (exact) mass is 310 g/mol. The number of hydrogen-bond acceptors (Lipinski definition) is 6. The lowest BCUT2D eigenvalue weighted by Gasteiger charge is -2.02. The molecule has 3 aromatic heterocycles. The largest absolute Gasteiger partial charge is 0.375 e. The second-order valence-electron chi connectivity index (χ2n) is 4.48. The van der Waals surface area contributed by atoms with E-state index >= 15 is 0 Å². The number of aromatic nitrogens is 3. The summed E-state index contributed by atoms with van der Waals surface area (Å²) in [6.07, 6.45) is 1.80. The predicted molar refractivity (Wildman–Crippen MR) is 88.4 cm³/mol. The number of benzene rings is 1. The molecular formula is C15H10N4S2. The molecule has 0 aliphatic rings. The van der Waals surface area contributed by atoms with Crippen LogP contribution in [0.15, 0.2) is 47.3 Å². The third kappa shape index (κ3) is 2.18. The molecule has 3 heterocycles. The van der Waals surface area contributed by atoms with Crippen molar-refractivity contribution in [1.82, 2.24) is 15.0 Å². The number of nitrogen functional groups attached to an aromatic ring is 1. The Hall–Kier alpha value is -2.31. The summed E-state index contributed by atoms with van der Waals surface area (Å²) in [5.74, 6) is 0. The molecule has 102 valence electrons. The van der Waals surface area contributed by atoms with Crippen LogP contribution in [0.4, 0.5) is 5.13 Å². The van der Waals surface area contributed by atoms with Crippen LogP contribution in [-0.4, -0.2) is 15.0 Å². The highest BCUT2D eigenvalue weighted by atomic mass is 32.1. The first-order valence-electron chi connectivity index (χ1n) is 6.32. The first-order valence-corrected chi connectivity index (χ1v) is 8.08. The number of pyridine rings is 1. The zero-order valence-electron chi connectivity index (χ0n) is 10.9. The van der Waals surface area contributed by atoms with Gasteiger partial charge in [-0.1, -0.05) is 18.2 Å². The number of thiazole rings is 2. The molecule has 0 radical (unpaired) electrons. The smallest absolute Gasteiger partial charge is 0.180 e. The maximum atomic E-state index is 5.68. The third-order valence-electron chi connectivity index (χ3n) is 3.17. The topological polar surface area (TPSA) is 64.7 Å². The summed E-state index contributed by atoms with van der Waals surface area (Å²) >= 11 is 3.01. The summed E-state index contributed by atoms with van der Waals surface area (Å²) in [7, 11) is 0. The van der Waals surface area contributed by atoms with Crippen LogP contribution < -0.4 is 5.73 Å². The molecule has 1 aromatic carbocycles. The highest BCUT2D eigenvalue weighted by Gasteiger charge is 2.11. The standard InChI is InChI=1S/C15H10N4S2/c16-15-19-13(8-21-15)14-18-12(7-20-14)10-3-1-5-11-9(10)4-2-6-17-11/h1-8H,(H2,16,19). The van der Waals surface area contributed by atoms with Crippen molar-refractivity contribution < 1.29 is 0 Å². The van der Waals surface area contributed by atoms with Gasteiger partial charge in [0.1, 0.15) is 10.7 Å². The van der Waals surface area contributed by atoms with Gasteiger partial charge in [0.15, 0.2) is 5.13 Å². The van der Waals surface area contributed by atoms with E-state index in [0.717, 1.165) is 32.9 Å². The van der Waals surface area contributed by atoms with Crippen LogP contribution in [0.5, 0.6) is 0 Å². The average Bonchev–Trinajstić information content (AvgIpc) is 3.15. The average molecular weight is 310 g/mol. The molecule has 0 saturated heterocycles. The van der Waals surface area contributed by atoms with Crippen LogP contribution in [0.1, 0.15) is 0 Å². The lowest BCUT2D eigenvalue weighted by Crippen LogP contribution is -1.85. The van der Waals surface area contributed by atoms with Crippen molar-refractivity contribution in [3.8, 4) is 22.0 Å². The van der Waals surface area contributed by atoms with Gasteiger partial charge in [0.25, 0.3) is 0 Å². The maximum absolute atomic E-state index is 5.68. The van der Waals surface area contributed by atoms with Gasteiger partial charge < -0.3 is 5.73 Å². The van der Waals surface area contributed by atoms with E-state index in [1.54, 1.807) is 17.5 Å². The Bertz CT molecular complexity index is 921. The van der Waals surface area contributed by atoms with E-state index in [1.165, 1.54) is 11.3 Å². The lowest BCUT2D eigenvalue weighted by molar-refractivity contribution is 1.34. The van der Waals surface area contributed by atoms with Crippen molar-refractivity contribution in [2.45, 2.75) is 0 Å². The fourth-order valence-corrected chi connectivity index (χ4v) is 3.63. The summed E-state index contributed by atoms with van der Waals surface area (Å²) in [4.78, 5) is 13.4. The number of hydrogen-bond donors (Lipinski definition) is 1. The highest BCUT2D eigenvalue weighted by molar-refractivity contribution is 7.15. The molecule has 0 unspecified atom stereocenters. The Balaban J connectivity index is 1.85. The Labute approximate surface area is 129 Å². The van der Waals surface area contributed by atoms with Gasteiger partial charge in [0.2, 0.25) is 0 Å². The third-order valence-corrected chi connectivity index (χ3v) is 4.71. The van der Waals surface area contributed by atoms with Crippen molar-refractivity contribution in [2.24, 2.45) is 0 Å². The molecule has 0 bridgehead atoms. The minimum absolute atomic E-state index is 0.566. The number of nitrogens with two attached hydrogens (primary N) is 1. The summed E-state index contributed by atoms with van der Waals surface area (Å²) < 4.78 is 0. The van der Waals surface area contributed by atoms with Crippen LogP contribution in [-0.2, 0) is 0 Å². The SMILES string of the molecule is Nc1nc(-c2nc(-c3cccc4ncccc34)cs2)cs1. The molecule has 2 N–H and O–H groups in total. The molecule has 0 saturated carbocycles. The summed E-state index contributed by atoms with van der Waals surface area (Å²) in [5.41, 5.74) is 9.53. The Morgan fingerprint density at radius 3 is 2.67 bits per heavy atom. The van der Waals surface area contributed by atoms with Crippen molar-refractivity contribution >= 4 is 38.7 Å². The molecule has 0 aliphatic heterocycles. The number of anilines is 1. The van der Waals surface area contributed by atoms with E-state index in [-0.39, 0.29) is 0 Å². The molecule has 0 atom stereocenters. The zero-order valence-corrected chi connectivity index (χ0v) is 12.5. The molecular weight excluding hydrogens is 300 g/mol. The van der Waals surface area contributed by atoms with Gasteiger partial charge in [-0.3, -0.25) is 4.98 Å². The zero-order chi connectivity index (χ0) is 14.2. The summed E-state index contributed by atoms with van der Waals surface area (Å²) in [6, 6.07) is 10.1. The second kappa shape index (κ2) is 4.91. The molecule has 4 aromatic rings. The molecule has 0 fully saturated rings. The quantitative estimate of drug-likeness (QED) is 0.606. The first-order chi connectivity index (χ1) is 10.3. The first kappa shape index (κ1) is 12.4. The Morgan fingerprint density at radius 2 is 1.81 bits per heavy atom. The van der Waals surface area contributed by atoms with Gasteiger partial charge in [0, 0.05) is 27.9 Å². The minimum Gasteiger partial charge on any atom is -0.375 e. The second-order valence-corrected chi connectivity index (χ2v) is 6.23. The van der Waals surface area contributed by atoms with E-state index in [2.05, 4.69) is 22.1 Å². The van der Waals surface area contributed by atoms with E-state index in [1.807, 2.05) is 29.0 Å². The molecule has 6 heteroatoms. The molecule has 0 spiro atoms. The normalized spacial score (nSPS) is 11.0. The van der Waals surface area contributed by atoms with Crippen LogP contribution in [0.2, 0.25) is 0 Å². The predicted octanol–water partition coefficient (Wildman–Crippen LogP) is 4.06. The van der Waals surface area contributed by atoms with Crippen molar-refractivity contribution in [1.29, 1.82) is 0 Å². The lowest BCUT2D eigenvalue weighted by atomic mass is 10.1. The van der Waals surface area contributed by atoms with Crippen molar-refractivity contribution in [3.05, 3.63) is 47.3 Å². The number of rotatable bonds is 2. The Kier molecular flexibility index (Phi) is 2.90. The van der Waals surface area contributed by atoms with Crippen LogP contribution in [0, 0.1) is 0 Å². The van der Waals surface area contributed by atoms with E-state index in [0.29, 0.717) is 5.13 Å². The van der Waals surface area contributed by atoms with E-state index < -0.39 is 0 Å². The van der Waals surface area contributed by atoms with Gasteiger partial charge in [0.05, 0.1) is 11.2 Å². The molecule has 4 rings (SSSR count). The highest BCUT2D eigenvalue weighted by Crippen LogP contribution is 2.32. The number of nitrogens with zero attached hydrogens (tertiary/aromatic N) is 3. The van der Waals surface area contributed by atoms with Gasteiger partial charge in [-0.05, 0) is 12.1 Å².